The van der Waals surface area contributed by atoms with E-state index in [1.807, 2.05) is 38.1 Å². The Hall–Kier alpha value is -4.82. The van der Waals surface area contributed by atoms with E-state index in [-0.39, 0.29) is 30.6 Å². The third-order valence-corrected chi connectivity index (χ3v) is 8.97. The van der Waals surface area contributed by atoms with Gasteiger partial charge in [-0.15, -0.1) is 0 Å². The predicted molar refractivity (Wildman–Crippen MR) is 199 cm³/mol. The Bertz CT molecular complexity index is 1930. The van der Waals surface area contributed by atoms with Crippen molar-refractivity contribution in [2.24, 2.45) is 0 Å². The Kier molecular flexibility index (Phi) is 14.2. The average Bonchev–Trinajstić information content (AvgIpc) is 3.40. The van der Waals surface area contributed by atoms with Crippen molar-refractivity contribution in [1.82, 2.24) is 0 Å². The number of aliphatic hydroxyl groups excluding tert-OH is 2. The number of phenols is 1. The topological polar surface area (TPSA) is 166 Å². The molecule has 3 aliphatic rings. The highest BCUT2D eigenvalue weighted by molar-refractivity contribution is 5.99. The molecule has 296 valence electrons. The number of cyclic esters (lactones) is 2. The molecule has 1 saturated heterocycles. The van der Waals surface area contributed by atoms with Crippen LogP contribution in [0.15, 0.2) is 60.2 Å². The number of aryl methyl sites for hydroxylation is 3. The molecule has 3 heterocycles. The first-order valence-electron chi connectivity index (χ1n) is 18.0. The van der Waals surface area contributed by atoms with Crippen LogP contribution in [0.5, 0.6) is 5.75 Å². The standard InChI is InChI=1S/C23H27FO5.C19H21FO6/c1-13-11-14(2)19-16(12-13)7-6-8-18-21(29-23(4,5)28-18)20(25)17(24)10-9-15(3)27-22(19)26;1-10-8-12-4-3-5-14(21)18(24)17(23)13(20)7-6-11(2)26-19(25)16(12)15(22)9-10/h6-7,10-12,15,18,21H,8-9H2,1-5H3;3-4,7-9,11,14,18,21-22,24H,5-6H2,1-2H3/b7-6+,17-10?;4-3+,13-7?/t15?,18-,21-;11?,14-,18-/m00/s1. The van der Waals surface area contributed by atoms with Crippen molar-refractivity contribution < 1.29 is 62.2 Å². The van der Waals surface area contributed by atoms with Gasteiger partial charge < -0.3 is 34.3 Å². The fourth-order valence-electron chi connectivity index (χ4n) is 6.35. The van der Waals surface area contributed by atoms with Gasteiger partial charge in [-0.05, 0) is 102 Å². The fraction of sp³-hybridized carbons (Fsp3) is 0.429. The van der Waals surface area contributed by atoms with E-state index in [1.54, 1.807) is 33.8 Å². The van der Waals surface area contributed by atoms with E-state index in [2.05, 4.69) is 0 Å². The summed E-state index contributed by atoms with van der Waals surface area (Å²) < 4.78 is 50.5. The molecule has 0 aliphatic carbocycles. The molecule has 5 rings (SSSR count). The second kappa shape index (κ2) is 18.2. The van der Waals surface area contributed by atoms with Crippen molar-refractivity contribution >= 4 is 35.7 Å². The molecule has 1 fully saturated rings. The van der Waals surface area contributed by atoms with E-state index in [0.29, 0.717) is 23.1 Å². The summed E-state index contributed by atoms with van der Waals surface area (Å²) in [7, 11) is 0. The first-order valence-corrected chi connectivity index (χ1v) is 18.0. The zero-order valence-corrected chi connectivity index (χ0v) is 31.9. The van der Waals surface area contributed by atoms with Gasteiger partial charge >= 0.3 is 11.9 Å². The van der Waals surface area contributed by atoms with Gasteiger partial charge in [0.2, 0.25) is 11.6 Å². The second-order valence-corrected chi connectivity index (χ2v) is 14.4. The number of phenolic OH excluding ortho intramolecular Hbond substituents is 1. The van der Waals surface area contributed by atoms with Gasteiger partial charge in [0.1, 0.15) is 29.6 Å². The molecule has 3 N–H and O–H groups in total. The quantitative estimate of drug-likeness (QED) is 0.242. The molecule has 2 aromatic carbocycles. The molecular formula is C42H48F2O11. The number of ketones is 2. The highest BCUT2D eigenvalue weighted by atomic mass is 19.1. The first kappa shape index (κ1) is 42.9. The monoisotopic (exact) mass is 766 g/mol. The summed E-state index contributed by atoms with van der Waals surface area (Å²) in [4.78, 5) is 49.5. The van der Waals surface area contributed by atoms with Crippen LogP contribution in [0, 0.1) is 20.8 Å². The molecule has 0 aromatic heterocycles. The Labute approximate surface area is 318 Å². The van der Waals surface area contributed by atoms with Gasteiger partial charge in [0, 0.05) is 12.8 Å². The molecule has 13 heteroatoms. The van der Waals surface area contributed by atoms with Gasteiger partial charge in [0.25, 0.3) is 0 Å². The van der Waals surface area contributed by atoms with Gasteiger partial charge in [-0.1, -0.05) is 48.1 Å². The summed E-state index contributed by atoms with van der Waals surface area (Å²) in [6.45, 7) is 12.1. The lowest BCUT2D eigenvalue weighted by Crippen LogP contribution is -2.34. The second-order valence-electron chi connectivity index (χ2n) is 14.4. The van der Waals surface area contributed by atoms with E-state index in [4.69, 9.17) is 18.9 Å². The van der Waals surface area contributed by atoms with E-state index in [9.17, 15) is 43.3 Å². The molecule has 0 spiro atoms. The van der Waals surface area contributed by atoms with Crippen LogP contribution < -0.4 is 0 Å². The zero-order valence-electron chi connectivity index (χ0n) is 31.9. The number of fused-ring (bicyclic) bond motifs is 3. The van der Waals surface area contributed by atoms with E-state index < -0.39 is 77.6 Å². The van der Waals surface area contributed by atoms with Gasteiger partial charge in [-0.3, -0.25) is 9.59 Å². The number of aromatic hydroxyl groups is 1. The van der Waals surface area contributed by atoms with Gasteiger partial charge in [0.15, 0.2) is 23.5 Å². The number of ether oxygens (including phenoxy) is 4. The zero-order chi connectivity index (χ0) is 40.8. The molecule has 11 nitrogen and oxygen atoms in total. The van der Waals surface area contributed by atoms with E-state index in [1.165, 1.54) is 25.1 Å². The van der Waals surface area contributed by atoms with Crippen LogP contribution in [0.25, 0.3) is 12.2 Å². The maximum atomic E-state index is 14.5. The predicted octanol–water partition coefficient (Wildman–Crippen LogP) is 6.80. The van der Waals surface area contributed by atoms with E-state index >= 15 is 0 Å². The third-order valence-electron chi connectivity index (χ3n) is 8.97. The fourth-order valence-corrected chi connectivity index (χ4v) is 6.35. The minimum absolute atomic E-state index is 0.0497. The molecule has 2 unspecified atom stereocenters. The van der Waals surface area contributed by atoms with Crippen LogP contribution in [0.3, 0.4) is 0 Å². The summed E-state index contributed by atoms with van der Waals surface area (Å²) >= 11 is 0. The molecule has 2 aromatic rings. The number of aliphatic hydroxyl groups is 2. The maximum absolute atomic E-state index is 14.5. The van der Waals surface area contributed by atoms with Crippen LogP contribution in [0.4, 0.5) is 8.78 Å². The SMILES string of the molecule is Cc1cc(C)c2c(c1)/C=C/C[C@@H]1OC(C)(C)O[C@@H]1C(=O)C(F)=CCC(C)OC2=O.Cc1cc(O)c2c(c1)/C=C/C[C@H](O)[C@H](O)C(=O)C(F)=CCC(C)OC2=O. The first-order chi connectivity index (χ1) is 25.8. The molecule has 0 bridgehead atoms. The molecule has 3 aliphatic heterocycles. The number of hydrogen-bond donors (Lipinski definition) is 3. The summed E-state index contributed by atoms with van der Waals surface area (Å²) in [5.41, 5.74) is 4.07. The number of Topliss-reactive ketones (excluding diaryl/α,β-unsaturated/α-hetero) is 2. The van der Waals surface area contributed by atoms with E-state index in [0.717, 1.165) is 28.8 Å². The molecular weight excluding hydrogens is 718 g/mol. The molecule has 6 atom stereocenters. The van der Waals surface area contributed by atoms with Crippen molar-refractivity contribution in [2.75, 3.05) is 0 Å². The number of carbonyl (C=O) groups is 4. The molecule has 55 heavy (non-hydrogen) atoms. The maximum Gasteiger partial charge on any atom is 0.342 e. The Morgan fingerprint density at radius 1 is 0.691 bits per heavy atom. The number of halogens is 2. The van der Waals surface area contributed by atoms with Gasteiger partial charge in [-0.2, -0.15) is 0 Å². The Morgan fingerprint density at radius 2 is 1.20 bits per heavy atom. The lowest BCUT2D eigenvalue weighted by molar-refractivity contribution is -0.153. The summed E-state index contributed by atoms with van der Waals surface area (Å²) in [5.74, 6) is -6.58. The van der Waals surface area contributed by atoms with Crippen molar-refractivity contribution in [3.63, 3.8) is 0 Å². The van der Waals surface area contributed by atoms with Crippen LogP contribution in [0.1, 0.15) is 102 Å². The van der Waals surface area contributed by atoms with Gasteiger partial charge in [-0.25, -0.2) is 18.4 Å². The number of carbonyl (C=O) groups excluding carboxylic acids is 4. The molecule has 0 saturated carbocycles. The number of rotatable bonds is 0. The van der Waals surface area contributed by atoms with Crippen LogP contribution >= 0.6 is 0 Å². The normalized spacial score (nSPS) is 27.5. The van der Waals surface area contributed by atoms with Crippen LogP contribution in [-0.2, 0) is 28.5 Å². The van der Waals surface area contributed by atoms with Crippen molar-refractivity contribution in [1.29, 1.82) is 0 Å². The van der Waals surface area contributed by atoms with Crippen molar-refractivity contribution in [2.45, 2.75) is 117 Å². The smallest absolute Gasteiger partial charge is 0.342 e. The largest absolute Gasteiger partial charge is 0.507 e. The van der Waals surface area contributed by atoms with Crippen LogP contribution in [0.2, 0.25) is 0 Å². The highest BCUT2D eigenvalue weighted by Gasteiger charge is 2.45. The summed E-state index contributed by atoms with van der Waals surface area (Å²) in [6, 6.07) is 6.90. The number of benzene rings is 2. The summed E-state index contributed by atoms with van der Waals surface area (Å²) in [6.07, 6.45) is 2.31. The minimum atomic E-state index is -1.90. The Morgan fingerprint density at radius 3 is 1.80 bits per heavy atom. The van der Waals surface area contributed by atoms with Crippen molar-refractivity contribution in [3.05, 3.63) is 99.2 Å². The molecule has 0 amide bonds. The van der Waals surface area contributed by atoms with Crippen LogP contribution in [-0.4, -0.2) is 81.2 Å². The number of hydrogen-bond acceptors (Lipinski definition) is 11. The summed E-state index contributed by atoms with van der Waals surface area (Å²) in [5, 5.41) is 29.8. The lowest BCUT2D eigenvalue weighted by Gasteiger charge is -2.17. The van der Waals surface area contributed by atoms with Crippen molar-refractivity contribution in [3.8, 4) is 5.75 Å². The lowest BCUT2D eigenvalue weighted by atomic mass is 9.97. The third kappa shape index (κ3) is 11.1. The average molecular weight is 767 g/mol. The number of esters is 2. The minimum Gasteiger partial charge on any atom is -0.507 e. The molecule has 0 radical (unpaired) electrons. The highest BCUT2D eigenvalue weighted by Crippen LogP contribution is 2.33. The van der Waals surface area contributed by atoms with Gasteiger partial charge in [0.05, 0.1) is 17.8 Å². The Balaban J connectivity index is 0.000000246.